The van der Waals surface area contributed by atoms with Crippen LogP contribution >= 0.6 is 0 Å². The molecule has 0 unspecified atom stereocenters. The molecule has 0 N–H and O–H groups in total. The number of ether oxygens (including phenoxy) is 2. The first-order valence-electron chi connectivity index (χ1n) is 6.69. The van der Waals surface area contributed by atoms with Gasteiger partial charge in [-0.2, -0.15) is 5.26 Å². The number of alkyl halides is 2. The van der Waals surface area contributed by atoms with Gasteiger partial charge in [-0.15, -0.1) is 0 Å². The van der Waals surface area contributed by atoms with E-state index in [1.807, 2.05) is 6.07 Å². The quantitative estimate of drug-likeness (QED) is 0.755. The summed E-state index contributed by atoms with van der Waals surface area (Å²) in [6.07, 6.45) is -1.77. The number of carbonyl (C=O) groups is 1. The third-order valence-corrected chi connectivity index (χ3v) is 3.08. The maximum absolute atomic E-state index is 12.9. The lowest BCUT2D eigenvalue weighted by Crippen LogP contribution is -1.95. The SMILES string of the molecule is COc1ccc(CC=O)cc1Oc1cc(C#N)cc(C(F)F)c1. The van der Waals surface area contributed by atoms with Gasteiger partial charge in [0, 0.05) is 12.0 Å². The molecule has 0 saturated carbocycles. The van der Waals surface area contributed by atoms with Crippen molar-refractivity contribution in [2.24, 2.45) is 0 Å². The van der Waals surface area contributed by atoms with Crippen LogP contribution in [0, 0.1) is 11.3 Å². The normalized spacial score (nSPS) is 10.2. The van der Waals surface area contributed by atoms with Gasteiger partial charge in [0.1, 0.15) is 12.0 Å². The van der Waals surface area contributed by atoms with Crippen molar-refractivity contribution in [1.82, 2.24) is 0 Å². The molecule has 0 fully saturated rings. The Morgan fingerprint density at radius 1 is 1.22 bits per heavy atom. The molecule has 118 valence electrons. The predicted octanol–water partition coefficient (Wildman–Crippen LogP) is 4.04. The molecule has 2 aromatic rings. The first-order valence-corrected chi connectivity index (χ1v) is 6.69. The van der Waals surface area contributed by atoms with E-state index in [2.05, 4.69) is 0 Å². The fourth-order valence-electron chi connectivity index (χ4n) is 2.02. The maximum atomic E-state index is 12.9. The Kier molecular flexibility index (Phi) is 5.26. The first kappa shape index (κ1) is 16.4. The number of hydrogen-bond donors (Lipinski definition) is 0. The van der Waals surface area contributed by atoms with Crippen molar-refractivity contribution in [3.63, 3.8) is 0 Å². The van der Waals surface area contributed by atoms with Crippen molar-refractivity contribution in [3.05, 3.63) is 53.1 Å². The largest absolute Gasteiger partial charge is 0.493 e. The maximum Gasteiger partial charge on any atom is 0.264 e. The summed E-state index contributed by atoms with van der Waals surface area (Å²) in [5, 5.41) is 8.94. The number of nitriles is 1. The lowest BCUT2D eigenvalue weighted by molar-refractivity contribution is -0.107. The summed E-state index contributed by atoms with van der Waals surface area (Å²) in [5.41, 5.74) is 0.462. The summed E-state index contributed by atoms with van der Waals surface area (Å²) in [7, 11) is 1.44. The molecular formula is C17H13F2NO3. The van der Waals surface area contributed by atoms with Crippen LogP contribution in [-0.4, -0.2) is 13.4 Å². The van der Waals surface area contributed by atoms with E-state index in [-0.39, 0.29) is 29.0 Å². The summed E-state index contributed by atoms with van der Waals surface area (Å²) in [6, 6.07) is 10.4. The summed E-state index contributed by atoms with van der Waals surface area (Å²) in [5.74, 6) is 0.767. The van der Waals surface area contributed by atoms with Crippen LogP contribution in [0.2, 0.25) is 0 Å². The van der Waals surface area contributed by atoms with Crippen molar-refractivity contribution in [2.45, 2.75) is 12.8 Å². The predicted molar refractivity (Wildman–Crippen MR) is 79.0 cm³/mol. The lowest BCUT2D eigenvalue weighted by atomic mass is 10.1. The van der Waals surface area contributed by atoms with Crippen LogP contribution in [0.4, 0.5) is 8.78 Å². The van der Waals surface area contributed by atoms with Gasteiger partial charge in [-0.25, -0.2) is 8.78 Å². The molecule has 0 spiro atoms. The molecule has 2 rings (SSSR count). The molecule has 23 heavy (non-hydrogen) atoms. The number of aldehydes is 1. The molecule has 0 heterocycles. The fraction of sp³-hybridized carbons (Fsp3) is 0.176. The Hall–Kier alpha value is -2.94. The Morgan fingerprint density at radius 2 is 2.00 bits per heavy atom. The molecule has 0 aromatic heterocycles. The van der Waals surface area contributed by atoms with E-state index >= 15 is 0 Å². The van der Waals surface area contributed by atoms with E-state index in [1.165, 1.54) is 13.2 Å². The zero-order chi connectivity index (χ0) is 16.8. The van der Waals surface area contributed by atoms with Crippen LogP contribution in [0.5, 0.6) is 17.2 Å². The van der Waals surface area contributed by atoms with Crippen LogP contribution in [0.15, 0.2) is 36.4 Å². The average molecular weight is 317 g/mol. The van der Waals surface area contributed by atoms with Crippen molar-refractivity contribution in [2.75, 3.05) is 7.11 Å². The van der Waals surface area contributed by atoms with Gasteiger partial charge in [0.05, 0.1) is 18.7 Å². The van der Waals surface area contributed by atoms with E-state index in [0.29, 0.717) is 11.3 Å². The minimum absolute atomic E-state index is 0.0702. The van der Waals surface area contributed by atoms with E-state index in [9.17, 15) is 13.6 Å². The third kappa shape index (κ3) is 4.04. The van der Waals surface area contributed by atoms with Crippen LogP contribution in [0.25, 0.3) is 0 Å². The minimum atomic E-state index is -2.71. The van der Waals surface area contributed by atoms with Gasteiger partial charge in [0.2, 0.25) is 0 Å². The average Bonchev–Trinajstić information content (AvgIpc) is 2.55. The summed E-state index contributed by atoms with van der Waals surface area (Å²) < 4.78 is 36.5. The molecule has 0 amide bonds. The van der Waals surface area contributed by atoms with Gasteiger partial charge in [-0.1, -0.05) is 6.07 Å². The Morgan fingerprint density at radius 3 is 2.61 bits per heavy atom. The Labute approximate surface area is 131 Å². The molecule has 0 aliphatic carbocycles. The molecule has 2 aromatic carbocycles. The molecule has 0 atom stereocenters. The van der Waals surface area contributed by atoms with E-state index in [0.717, 1.165) is 18.4 Å². The van der Waals surface area contributed by atoms with Gasteiger partial charge in [0.25, 0.3) is 6.43 Å². The molecule has 0 aliphatic rings. The van der Waals surface area contributed by atoms with Gasteiger partial charge < -0.3 is 14.3 Å². The second kappa shape index (κ2) is 7.36. The Bertz CT molecular complexity index is 754. The summed E-state index contributed by atoms with van der Waals surface area (Å²) in [6.45, 7) is 0. The zero-order valence-electron chi connectivity index (χ0n) is 12.3. The zero-order valence-corrected chi connectivity index (χ0v) is 12.3. The van der Waals surface area contributed by atoms with E-state index in [1.54, 1.807) is 18.2 Å². The number of nitrogens with zero attached hydrogens (tertiary/aromatic N) is 1. The van der Waals surface area contributed by atoms with Crippen molar-refractivity contribution < 1.29 is 23.0 Å². The Balaban J connectivity index is 2.41. The van der Waals surface area contributed by atoms with Gasteiger partial charge in [-0.3, -0.25) is 0 Å². The highest BCUT2D eigenvalue weighted by atomic mass is 19.3. The van der Waals surface area contributed by atoms with Crippen LogP contribution in [0.1, 0.15) is 23.1 Å². The van der Waals surface area contributed by atoms with Crippen LogP contribution in [0.3, 0.4) is 0 Å². The smallest absolute Gasteiger partial charge is 0.264 e. The van der Waals surface area contributed by atoms with Crippen molar-refractivity contribution in [3.8, 4) is 23.3 Å². The van der Waals surface area contributed by atoms with Crippen LogP contribution in [-0.2, 0) is 11.2 Å². The van der Waals surface area contributed by atoms with Crippen LogP contribution < -0.4 is 9.47 Å². The molecule has 0 aliphatic heterocycles. The van der Waals surface area contributed by atoms with Gasteiger partial charge >= 0.3 is 0 Å². The second-order valence-corrected chi connectivity index (χ2v) is 4.66. The molecule has 0 radical (unpaired) electrons. The standard InChI is InChI=1S/C17H13F2NO3/c1-22-15-3-2-11(4-5-21)8-16(15)23-14-7-12(10-20)6-13(9-14)17(18)19/h2-3,5-9,17H,4H2,1H3. The van der Waals surface area contributed by atoms with Gasteiger partial charge in [-0.05, 0) is 35.9 Å². The van der Waals surface area contributed by atoms with E-state index < -0.39 is 6.43 Å². The fourth-order valence-corrected chi connectivity index (χ4v) is 2.02. The van der Waals surface area contributed by atoms with Crippen molar-refractivity contribution in [1.29, 1.82) is 5.26 Å². The first-order chi connectivity index (χ1) is 11.1. The van der Waals surface area contributed by atoms with Crippen molar-refractivity contribution >= 4 is 6.29 Å². The summed E-state index contributed by atoms with van der Waals surface area (Å²) >= 11 is 0. The number of methoxy groups -OCH3 is 1. The van der Waals surface area contributed by atoms with Gasteiger partial charge in [0.15, 0.2) is 11.5 Å². The number of hydrogen-bond acceptors (Lipinski definition) is 4. The molecule has 6 heteroatoms. The molecule has 4 nitrogen and oxygen atoms in total. The topological polar surface area (TPSA) is 59.3 Å². The molecule has 0 bridgehead atoms. The number of benzene rings is 2. The monoisotopic (exact) mass is 317 g/mol. The highest BCUT2D eigenvalue weighted by Gasteiger charge is 2.13. The number of rotatable bonds is 6. The molecule has 0 saturated heterocycles. The lowest BCUT2D eigenvalue weighted by Gasteiger charge is -2.12. The minimum Gasteiger partial charge on any atom is -0.493 e. The number of halogens is 2. The summed E-state index contributed by atoms with van der Waals surface area (Å²) in [4.78, 5) is 10.6. The number of carbonyl (C=O) groups excluding carboxylic acids is 1. The second-order valence-electron chi connectivity index (χ2n) is 4.66. The molecular weight excluding hydrogens is 304 g/mol. The highest BCUT2D eigenvalue weighted by Crippen LogP contribution is 2.34. The highest BCUT2D eigenvalue weighted by molar-refractivity contribution is 5.57. The third-order valence-electron chi connectivity index (χ3n) is 3.08. The van der Waals surface area contributed by atoms with E-state index in [4.69, 9.17) is 14.7 Å².